The van der Waals surface area contributed by atoms with Crippen molar-refractivity contribution < 1.29 is 14.3 Å². The van der Waals surface area contributed by atoms with E-state index in [2.05, 4.69) is 4.90 Å². The van der Waals surface area contributed by atoms with E-state index in [0.29, 0.717) is 0 Å². The van der Waals surface area contributed by atoms with E-state index < -0.39 is 5.97 Å². The number of benzene rings is 1. The summed E-state index contributed by atoms with van der Waals surface area (Å²) in [6, 6.07) is 4.80. The smallest absolute Gasteiger partial charge is 0.303 e. The highest BCUT2D eigenvalue weighted by molar-refractivity contribution is 5.67. The molecule has 1 aliphatic rings. The lowest BCUT2D eigenvalue weighted by atomic mass is 9.95. The fourth-order valence-electron chi connectivity index (χ4n) is 2.26. The highest BCUT2D eigenvalue weighted by Crippen LogP contribution is 2.22. The summed E-state index contributed by atoms with van der Waals surface area (Å²) < 4.78 is 12.9. The van der Waals surface area contributed by atoms with Crippen LogP contribution in [0.3, 0.4) is 0 Å². The molecular formula is C13H16FNO2. The first-order valence-corrected chi connectivity index (χ1v) is 5.74. The lowest BCUT2D eigenvalue weighted by molar-refractivity contribution is -0.139. The average Bonchev–Trinajstić information content (AvgIpc) is 2.17. The predicted octanol–water partition coefficient (Wildman–Crippen LogP) is 2.04. The summed E-state index contributed by atoms with van der Waals surface area (Å²) in [5.41, 5.74) is 2.06. The molecular weight excluding hydrogens is 221 g/mol. The molecule has 0 atom stereocenters. The van der Waals surface area contributed by atoms with Crippen molar-refractivity contribution in [3.63, 3.8) is 0 Å². The Balaban J connectivity index is 1.85. The number of nitrogens with zero attached hydrogens (tertiary/aromatic N) is 1. The highest BCUT2D eigenvalue weighted by Gasteiger charge is 2.28. The molecule has 1 N–H and O–H groups in total. The first kappa shape index (κ1) is 12.0. The van der Waals surface area contributed by atoms with Gasteiger partial charge in [-0.2, -0.15) is 0 Å². The van der Waals surface area contributed by atoms with Gasteiger partial charge in [-0.15, -0.1) is 0 Å². The number of carbonyl (C=O) groups is 1. The average molecular weight is 237 g/mol. The van der Waals surface area contributed by atoms with Crippen LogP contribution >= 0.6 is 0 Å². The molecule has 3 nitrogen and oxygen atoms in total. The van der Waals surface area contributed by atoms with Gasteiger partial charge in [-0.25, -0.2) is 4.39 Å². The molecule has 1 aromatic carbocycles. The van der Waals surface area contributed by atoms with Crippen molar-refractivity contribution in [3.05, 3.63) is 35.1 Å². The van der Waals surface area contributed by atoms with Gasteiger partial charge < -0.3 is 5.11 Å². The topological polar surface area (TPSA) is 40.5 Å². The lowest BCUT2D eigenvalue weighted by Gasteiger charge is -2.38. The molecule has 1 saturated heterocycles. The van der Waals surface area contributed by atoms with Crippen LogP contribution < -0.4 is 0 Å². The van der Waals surface area contributed by atoms with Crippen molar-refractivity contribution in [2.24, 2.45) is 5.92 Å². The second-order valence-corrected chi connectivity index (χ2v) is 4.73. The van der Waals surface area contributed by atoms with Gasteiger partial charge in [0, 0.05) is 19.6 Å². The van der Waals surface area contributed by atoms with Gasteiger partial charge >= 0.3 is 5.97 Å². The molecule has 2 rings (SSSR count). The molecule has 0 aliphatic carbocycles. The second kappa shape index (κ2) is 4.84. The van der Waals surface area contributed by atoms with E-state index in [1.807, 2.05) is 6.92 Å². The van der Waals surface area contributed by atoms with Gasteiger partial charge in [0.15, 0.2) is 0 Å². The molecule has 17 heavy (non-hydrogen) atoms. The Morgan fingerprint density at radius 3 is 2.82 bits per heavy atom. The van der Waals surface area contributed by atoms with Crippen molar-refractivity contribution in [2.75, 3.05) is 13.1 Å². The van der Waals surface area contributed by atoms with E-state index >= 15 is 0 Å². The Morgan fingerprint density at radius 2 is 2.24 bits per heavy atom. The summed E-state index contributed by atoms with van der Waals surface area (Å²) in [6.07, 6.45) is 0.249. The van der Waals surface area contributed by atoms with Crippen molar-refractivity contribution >= 4 is 5.97 Å². The van der Waals surface area contributed by atoms with Crippen molar-refractivity contribution in [1.29, 1.82) is 0 Å². The van der Waals surface area contributed by atoms with Crippen LogP contribution in [0.25, 0.3) is 0 Å². The third kappa shape index (κ3) is 3.03. The molecule has 1 aliphatic heterocycles. The van der Waals surface area contributed by atoms with Gasteiger partial charge in [-0.05, 0) is 36.1 Å². The van der Waals surface area contributed by atoms with Gasteiger partial charge in [-0.1, -0.05) is 6.07 Å². The Kier molecular flexibility index (Phi) is 3.43. The second-order valence-electron chi connectivity index (χ2n) is 4.73. The standard InChI is InChI=1S/C13H16FNO2/c1-9-4-12(14)3-2-11(9)8-15-6-10(7-15)5-13(16)17/h2-4,10H,5-8H2,1H3,(H,16,17). The van der Waals surface area contributed by atoms with Crippen LogP contribution in [0.1, 0.15) is 17.5 Å². The van der Waals surface area contributed by atoms with Gasteiger partial charge in [0.1, 0.15) is 5.82 Å². The molecule has 4 heteroatoms. The number of rotatable bonds is 4. The summed E-state index contributed by atoms with van der Waals surface area (Å²) in [4.78, 5) is 12.7. The molecule has 1 aromatic rings. The molecule has 1 fully saturated rings. The maximum absolute atomic E-state index is 12.9. The Hall–Kier alpha value is -1.42. The summed E-state index contributed by atoms with van der Waals surface area (Å²) in [7, 11) is 0. The van der Waals surface area contributed by atoms with Crippen molar-refractivity contribution in [2.45, 2.75) is 19.9 Å². The van der Waals surface area contributed by atoms with Gasteiger partial charge in [0.05, 0.1) is 6.42 Å². The summed E-state index contributed by atoms with van der Waals surface area (Å²) in [5.74, 6) is -0.667. The minimum absolute atomic E-state index is 0.210. The largest absolute Gasteiger partial charge is 0.481 e. The Morgan fingerprint density at radius 1 is 1.53 bits per heavy atom. The molecule has 0 unspecified atom stereocenters. The van der Waals surface area contributed by atoms with E-state index in [4.69, 9.17) is 5.11 Å². The molecule has 0 aromatic heterocycles. The van der Waals surface area contributed by atoms with Crippen LogP contribution in [-0.4, -0.2) is 29.1 Å². The van der Waals surface area contributed by atoms with Gasteiger partial charge in [0.2, 0.25) is 0 Å². The number of aryl methyl sites for hydroxylation is 1. The number of likely N-dealkylation sites (tertiary alicyclic amines) is 1. The van der Waals surface area contributed by atoms with E-state index in [0.717, 1.165) is 30.8 Å². The zero-order chi connectivity index (χ0) is 12.4. The predicted molar refractivity (Wildman–Crippen MR) is 62.2 cm³/mol. The highest BCUT2D eigenvalue weighted by atomic mass is 19.1. The summed E-state index contributed by atoms with van der Waals surface area (Å²) in [6.45, 7) is 4.32. The molecule has 1 heterocycles. The maximum Gasteiger partial charge on any atom is 0.303 e. The molecule has 0 spiro atoms. The zero-order valence-electron chi connectivity index (χ0n) is 9.82. The minimum Gasteiger partial charge on any atom is -0.481 e. The first-order valence-electron chi connectivity index (χ1n) is 5.74. The van der Waals surface area contributed by atoms with Gasteiger partial charge in [0.25, 0.3) is 0 Å². The fraction of sp³-hybridized carbons (Fsp3) is 0.462. The molecule has 0 radical (unpaired) electrons. The maximum atomic E-state index is 12.9. The SMILES string of the molecule is Cc1cc(F)ccc1CN1CC(CC(=O)O)C1. The van der Waals surface area contributed by atoms with Gasteiger partial charge in [-0.3, -0.25) is 9.69 Å². The molecule has 92 valence electrons. The van der Waals surface area contributed by atoms with Crippen LogP contribution in [0.4, 0.5) is 4.39 Å². The van der Waals surface area contributed by atoms with Crippen LogP contribution in [0, 0.1) is 18.7 Å². The third-order valence-electron chi connectivity index (χ3n) is 3.19. The monoisotopic (exact) mass is 237 g/mol. The molecule has 0 saturated carbocycles. The summed E-state index contributed by atoms with van der Waals surface area (Å²) >= 11 is 0. The Bertz CT molecular complexity index is 427. The number of halogens is 1. The minimum atomic E-state index is -0.729. The lowest BCUT2D eigenvalue weighted by Crippen LogP contribution is -2.46. The van der Waals surface area contributed by atoms with E-state index in [9.17, 15) is 9.18 Å². The normalized spacial score (nSPS) is 16.8. The first-order chi connectivity index (χ1) is 8.04. The van der Waals surface area contributed by atoms with E-state index in [1.54, 1.807) is 6.07 Å². The molecule has 0 bridgehead atoms. The number of hydrogen-bond donors (Lipinski definition) is 1. The number of aliphatic carboxylic acids is 1. The molecule has 0 amide bonds. The number of carboxylic acid groups (broad SMARTS) is 1. The third-order valence-corrected chi connectivity index (χ3v) is 3.19. The van der Waals surface area contributed by atoms with Crippen LogP contribution in [-0.2, 0) is 11.3 Å². The Labute approximate surface area is 99.9 Å². The fourth-order valence-corrected chi connectivity index (χ4v) is 2.26. The number of hydrogen-bond acceptors (Lipinski definition) is 2. The number of carboxylic acids is 1. The van der Waals surface area contributed by atoms with Crippen molar-refractivity contribution in [1.82, 2.24) is 4.90 Å². The van der Waals surface area contributed by atoms with Crippen LogP contribution in [0.2, 0.25) is 0 Å². The van der Waals surface area contributed by atoms with E-state index in [1.165, 1.54) is 12.1 Å². The quantitative estimate of drug-likeness (QED) is 0.871. The van der Waals surface area contributed by atoms with Crippen LogP contribution in [0.15, 0.2) is 18.2 Å². The van der Waals surface area contributed by atoms with E-state index in [-0.39, 0.29) is 18.2 Å². The zero-order valence-corrected chi connectivity index (χ0v) is 9.82. The van der Waals surface area contributed by atoms with Crippen LogP contribution in [0.5, 0.6) is 0 Å². The summed E-state index contributed by atoms with van der Waals surface area (Å²) in [5, 5.41) is 8.64. The van der Waals surface area contributed by atoms with Crippen molar-refractivity contribution in [3.8, 4) is 0 Å².